The van der Waals surface area contributed by atoms with Crippen molar-refractivity contribution in [3.63, 3.8) is 0 Å². The Kier molecular flexibility index (Phi) is 3.96. The number of ether oxygens (including phenoxy) is 1. The number of nitrogens with zero attached hydrogens (tertiary/aromatic N) is 1. The van der Waals surface area contributed by atoms with Crippen LogP contribution in [0.25, 0.3) is 0 Å². The molecule has 1 N–H and O–H groups in total. The van der Waals surface area contributed by atoms with Gasteiger partial charge in [-0.15, -0.1) is 0 Å². The van der Waals surface area contributed by atoms with Crippen LogP contribution in [0, 0.1) is 6.92 Å². The Morgan fingerprint density at radius 1 is 1.50 bits per heavy atom. The molecule has 1 fully saturated rings. The van der Waals surface area contributed by atoms with Crippen molar-refractivity contribution in [1.29, 1.82) is 0 Å². The highest BCUT2D eigenvalue weighted by atomic mass is 16.5. The quantitative estimate of drug-likeness (QED) is 0.850. The maximum Gasteiger partial charge on any atom is 0.150 e. The number of nitrogens with one attached hydrogen (secondary N) is 1. The van der Waals surface area contributed by atoms with Gasteiger partial charge in [0.1, 0.15) is 0 Å². The molecule has 0 radical (unpaired) electrons. The van der Waals surface area contributed by atoms with Gasteiger partial charge in [0.2, 0.25) is 0 Å². The van der Waals surface area contributed by atoms with Crippen molar-refractivity contribution in [3.05, 3.63) is 17.5 Å². The average Bonchev–Trinajstić information content (AvgIpc) is 2.73. The van der Waals surface area contributed by atoms with Gasteiger partial charge in [-0.2, -0.15) is 0 Å². The summed E-state index contributed by atoms with van der Waals surface area (Å²) in [6.07, 6.45) is 5.25. The summed E-state index contributed by atoms with van der Waals surface area (Å²) >= 11 is 0. The number of rotatable bonds is 4. The molecule has 1 aliphatic rings. The van der Waals surface area contributed by atoms with E-state index in [1.165, 1.54) is 19.3 Å². The monoisotopic (exact) mass is 224 g/mol. The van der Waals surface area contributed by atoms with E-state index in [1.807, 2.05) is 13.0 Å². The first-order valence-corrected chi connectivity index (χ1v) is 5.98. The van der Waals surface area contributed by atoms with Crippen molar-refractivity contribution in [2.75, 3.05) is 7.11 Å². The molecule has 1 aliphatic carbocycles. The fourth-order valence-corrected chi connectivity index (χ4v) is 2.34. The first-order chi connectivity index (χ1) is 7.79. The normalized spacial score (nSPS) is 25.9. The molecule has 0 amide bonds. The van der Waals surface area contributed by atoms with E-state index >= 15 is 0 Å². The molecule has 90 valence electrons. The molecular weight excluding hydrogens is 204 g/mol. The molecule has 0 aromatic carbocycles. The van der Waals surface area contributed by atoms with Crippen molar-refractivity contribution < 1.29 is 9.26 Å². The van der Waals surface area contributed by atoms with E-state index in [-0.39, 0.29) is 0 Å². The highest BCUT2D eigenvalue weighted by Crippen LogP contribution is 2.21. The zero-order valence-electron chi connectivity index (χ0n) is 10.0. The van der Waals surface area contributed by atoms with Gasteiger partial charge in [-0.3, -0.25) is 0 Å². The van der Waals surface area contributed by atoms with Gasteiger partial charge in [0, 0.05) is 19.2 Å². The standard InChI is InChI=1S/C12H20N2O2/c1-9-7-10(16-14-9)8-13-11-5-3-4-6-12(11)15-2/h7,11-13H,3-6,8H2,1-2H3. The van der Waals surface area contributed by atoms with Crippen molar-refractivity contribution in [2.24, 2.45) is 0 Å². The molecule has 1 saturated carbocycles. The first kappa shape index (κ1) is 11.6. The molecule has 0 bridgehead atoms. The summed E-state index contributed by atoms with van der Waals surface area (Å²) in [6.45, 7) is 2.68. The summed E-state index contributed by atoms with van der Waals surface area (Å²) in [7, 11) is 1.79. The molecule has 0 aliphatic heterocycles. The van der Waals surface area contributed by atoms with Gasteiger partial charge in [0.25, 0.3) is 0 Å². The minimum absolute atomic E-state index is 0.345. The van der Waals surface area contributed by atoms with Crippen molar-refractivity contribution in [3.8, 4) is 0 Å². The Hall–Kier alpha value is -0.870. The van der Waals surface area contributed by atoms with Crippen LogP contribution in [0.4, 0.5) is 0 Å². The summed E-state index contributed by atoms with van der Waals surface area (Å²) in [6, 6.07) is 2.42. The zero-order valence-corrected chi connectivity index (χ0v) is 10.0. The third kappa shape index (κ3) is 2.83. The lowest BCUT2D eigenvalue weighted by Crippen LogP contribution is -2.42. The Morgan fingerprint density at radius 2 is 2.31 bits per heavy atom. The minimum atomic E-state index is 0.345. The SMILES string of the molecule is COC1CCCCC1NCc1cc(C)no1. The third-order valence-corrected chi connectivity index (χ3v) is 3.22. The number of aryl methyl sites for hydroxylation is 1. The minimum Gasteiger partial charge on any atom is -0.380 e. The van der Waals surface area contributed by atoms with Crippen LogP contribution < -0.4 is 5.32 Å². The van der Waals surface area contributed by atoms with E-state index in [9.17, 15) is 0 Å². The molecule has 1 heterocycles. The Bertz CT molecular complexity index is 325. The number of hydrogen-bond acceptors (Lipinski definition) is 4. The van der Waals surface area contributed by atoms with E-state index in [0.29, 0.717) is 12.1 Å². The molecule has 4 nitrogen and oxygen atoms in total. The Morgan fingerprint density at radius 3 is 3.00 bits per heavy atom. The van der Waals surface area contributed by atoms with Gasteiger partial charge in [0.15, 0.2) is 5.76 Å². The molecular formula is C12H20N2O2. The molecule has 1 aromatic heterocycles. The highest BCUT2D eigenvalue weighted by Gasteiger charge is 2.24. The van der Waals surface area contributed by atoms with Gasteiger partial charge in [-0.1, -0.05) is 18.0 Å². The molecule has 0 saturated heterocycles. The van der Waals surface area contributed by atoms with Crippen LogP contribution >= 0.6 is 0 Å². The number of methoxy groups -OCH3 is 1. The van der Waals surface area contributed by atoms with E-state index in [0.717, 1.165) is 24.4 Å². The summed E-state index contributed by atoms with van der Waals surface area (Å²) in [5, 5.41) is 7.37. The summed E-state index contributed by atoms with van der Waals surface area (Å²) in [5.41, 5.74) is 0.934. The van der Waals surface area contributed by atoms with Crippen molar-refractivity contribution in [1.82, 2.24) is 10.5 Å². The summed E-state index contributed by atoms with van der Waals surface area (Å²) < 4.78 is 10.7. The lowest BCUT2D eigenvalue weighted by Gasteiger charge is -2.30. The van der Waals surface area contributed by atoms with E-state index in [2.05, 4.69) is 10.5 Å². The van der Waals surface area contributed by atoms with Crippen LogP contribution in [0.2, 0.25) is 0 Å². The van der Waals surface area contributed by atoms with Gasteiger partial charge in [0.05, 0.1) is 18.3 Å². The van der Waals surface area contributed by atoms with Crippen LogP contribution in [0.15, 0.2) is 10.6 Å². The van der Waals surface area contributed by atoms with E-state index < -0.39 is 0 Å². The van der Waals surface area contributed by atoms with Crippen LogP contribution in [0.3, 0.4) is 0 Å². The molecule has 16 heavy (non-hydrogen) atoms. The zero-order chi connectivity index (χ0) is 11.4. The van der Waals surface area contributed by atoms with Gasteiger partial charge >= 0.3 is 0 Å². The first-order valence-electron chi connectivity index (χ1n) is 5.98. The summed E-state index contributed by atoms with van der Waals surface area (Å²) in [5.74, 6) is 0.901. The van der Waals surface area contributed by atoms with Crippen molar-refractivity contribution in [2.45, 2.75) is 51.3 Å². The van der Waals surface area contributed by atoms with Gasteiger partial charge < -0.3 is 14.6 Å². The number of hydrogen-bond donors (Lipinski definition) is 1. The second kappa shape index (κ2) is 5.46. The van der Waals surface area contributed by atoms with Gasteiger partial charge in [-0.05, 0) is 19.8 Å². The smallest absolute Gasteiger partial charge is 0.150 e. The topological polar surface area (TPSA) is 47.3 Å². The second-order valence-electron chi connectivity index (χ2n) is 4.48. The fraction of sp³-hybridized carbons (Fsp3) is 0.750. The van der Waals surface area contributed by atoms with Crippen LogP contribution in [-0.2, 0) is 11.3 Å². The molecule has 4 heteroatoms. The fourth-order valence-electron chi connectivity index (χ4n) is 2.34. The molecule has 2 unspecified atom stereocenters. The largest absolute Gasteiger partial charge is 0.380 e. The van der Waals surface area contributed by atoms with Gasteiger partial charge in [-0.25, -0.2) is 0 Å². The average molecular weight is 224 g/mol. The van der Waals surface area contributed by atoms with Crippen LogP contribution in [-0.4, -0.2) is 24.4 Å². The molecule has 1 aromatic rings. The lowest BCUT2D eigenvalue weighted by molar-refractivity contribution is 0.0405. The van der Waals surface area contributed by atoms with Crippen LogP contribution in [0.5, 0.6) is 0 Å². The highest BCUT2D eigenvalue weighted by molar-refractivity contribution is 5.03. The van der Waals surface area contributed by atoms with E-state index in [1.54, 1.807) is 7.11 Å². The molecule has 0 spiro atoms. The molecule has 2 rings (SSSR count). The van der Waals surface area contributed by atoms with Crippen LogP contribution in [0.1, 0.15) is 37.1 Å². The maximum atomic E-state index is 5.49. The predicted molar refractivity (Wildman–Crippen MR) is 61.1 cm³/mol. The molecule has 2 atom stereocenters. The number of aromatic nitrogens is 1. The Labute approximate surface area is 96.3 Å². The van der Waals surface area contributed by atoms with E-state index in [4.69, 9.17) is 9.26 Å². The summed E-state index contributed by atoms with van der Waals surface area (Å²) in [4.78, 5) is 0. The maximum absolute atomic E-state index is 5.49. The predicted octanol–water partition coefficient (Wildman–Crippen LogP) is 2.03. The lowest BCUT2D eigenvalue weighted by atomic mass is 9.92. The Balaban J connectivity index is 1.84. The second-order valence-corrected chi connectivity index (χ2v) is 4.48. The van der Waals surface area contributed by atoms with Crippen molar-refractivity contribution >= 4 is 0 Å². The third-order valence-electron chi connectivity index (χ3n) is 3.22.